The third kappa shape index (κ3) is 4.82. The number of fused-ring (bicyclic) bond motifs is 1. The quantitative estimate of drug-likeness (QED) is 0.610. The zero-order valence-electron chi connectivity index (χ0n) is 15.6. The van der Waals surface area contributed by atoms with Gasteiger partial charge < -0.3 is 24.3 Å². The molecule has 3 rings (SSSR count). The van der Waals surface area contributed by atoms with Crippen LogP contribution in [0.15, 0.2) is 48.5 Å². The smallest absolute Gasteiger partial charge is 0.331 e. The maximum absolute atomic E-state index is 12.3. The van der Waals surface area contributed by atoms with Crippen LogP contribution in [0.2, 0.25) is 0 Å². The van der Waals surface area contributed by atoms with Gasteiger partial charge in [-0.3, -0.25) is 4.79 Å². The number of rotatable bonds is 6. The molecule has 1 heterocycles. The molecule has 0 saturated heterocycles. The molecule has 0 radical (unpaired) electrons. The summed E-state index contributed by atoms with van der Waals surface area (Å²) in [6, 6.07) is 12.3. The van der Waals surface area contributed by atoms with Crippen molar-refractivity contribution in [1.82, 2.24) is 0 Å². The second kappa shape index (κ2) is 8.94. The Kier molecular flexibility index (Phi) is 6.16. The van der Waals surface area contributed by atoms with Crippen LogP contribution < -0.4 is 19.5 Å². The van der Waals surface area contributed by atoms with Crippen molar-refractivity contribution in [2.24, 2.45) is 0 Å². The van der Waals surface area contributed by atoms with Crippen LogP contribution in [0, 0.1) is 0 Å². The van der Waals surface area contributed by atoms with Gasteiger partial charge in [0.1, 0.15) is 19.0 Å². The third-order valence-electron chi connectivity index (χ3n) is 4.01. The number of hydrogen-bond donors (Lipinski definition) is 1. The van der Waals surface area contributed by atoms with Crippen LogP contribution in [0.4, 0.5) is 5.69 Å². The highest BCUT2D eigenvalue weighted by molar-refractivity contribution is 5.97. The van der Waals surface area contributed by atoms with Gasteiger partial charge in [-0.25, -0.2) is 4.79 Å². The van der Waals surface area contributed by atoms with Gasteiger partial charge in [-0.15, -0.1) is 0 Å². The Bertz CT molecular complexity index is 892. The fourth-order valence-electron chi connectivity index (χ4n) is 2.59. The fraction of sp³-hybridized carbons (Fsp3) is 0.238. The number of nitrogens with one attached hydrogen (secondary N) is 1. The molecule has 0 bridgehead atoms. The molecular formula is C21H21NO6. The summed E-state index contributed by atoms with van der Waals surface area (Å²) in [4.78, 5) is 24.3. The summed E-state index contributed by atoms with van der Waals surface area (Å²) in [6.07, 6.45) is 1.86. The van der Waals surface area contributed by atoms with E-state index in [1.165, 1.54) is 13.0 Å². The lowest BCUT2D eigenvalue weighted by Crippen LogP contribution is -2.29. The standard InChI is InChI=1S/C21H21NO6/c1-14(28-20(23)10-7-15-5-3-4-6-17(15)25-2)21(24)22-16-8-9-18-19(13-16)27-12-11-26-18/h3-10,13-14H,11-12H2,1-2H3,(H,22,24)/b10-7+/t14-/m1/s1. The summed E-state index contributed by atoms with van der Waals surface area (Å²) in [6.45, 7) is 2.45. The van der Waals surface area contributed by atoms with Gasteiger partial charge in [-0.05, 0) is 31.2 Å². The van der Waals surface area contributed by atoms with Gasteiger partial charge in [-0.1, -0.05) is 18.2 Å². The molecular weight excluding hydrogens is 362 g/mol. The van der Waals surface area contributed by atoms with E-state index in [0.717, 1.165) is 5.56 Å². The van der Waals surface area contributed by atoms with Crippen molar-refractivity contribution >= 4 is 23.6 Å². The molecule has 2 aromatic rings. The maximum Gasteiger partial charge on any atom is 0.331 e. The summed E-state index contributed by atoms with van der Waals surface area (Å²) in [5, 5.41) is 2.69. The number of anilines is 1. The maximum atomic E-state index is 12.3. The molecule has 0 fully saturated rings. The Labute approximate surface area is 162 Å². The second-order valence-electron chi connectivity index (χ2n) is 6.00. The minimum Gasteiger partial charge on any atom is -0.496 e. The van der Waals surface area contributed by atoms with Crippen molar-refractivity contribution in [3.05, 3.63) is 54.1 Å². The van der Waals surface area contributed by atoms with Crippen LogP contribution >= 0.6 is 0 Å². The number of esters is 1. The summed E-state index contributed by atoms with van der Waals surface area (Å²) < 4.78 is 21.3. The van der Waals surface area contributed by atoms with E-state index in [9.17, 15) is 9.59 Å². The van der Waals surface area contributed by atoms with Crippen LogP contribution in [0.1, 0.15) is 12.5 Å². The van der Waals surface area contributed by atoms with E-state index in [2.05, 4.69) is 5.32 Å². The van der Waals surface area contributed by atoms with Crippen LogP contribution in [0.3, 0.4) is 0 Å². The summed E-state index contributed by atoms with van der Waals surface area (Å²) in [7, 11) is 1.55. The number of para-hydroxylation sites is 1. The molecule has 1 aliphatic heterocycles. The van der Waals surface area contributed by atoms with E-state index in [-0.39, 0.29) is 0 Å². The Balaban J connectivity index is 1.56. The molecule has 1 amide bonds. The molecule has 7 nitrogen and oxygen atoms in total. The van der Waals surface area contributed by atoms with E-state index < -0.39 is 18.0 Å². The number of methoxy groups -OCH3 is 1. The zero-order valence-corrected chi connectivity index (χ0v) is 15.6. The third-order valence-corrected chi connectivity index (χ3v) is 4.01. The lowest BCUT2D eigenvalue weighted by molar-refractivity contribution is -0.148. The predicted octanol–water partition coefficient (Wildman–Crippen LogP) is 3.05. The molecule has 1 aliphatic rings. The lowest BCUT2D eigenvalue weighted by Gasteiger charge is -2.19. The summed E-state index contributed by atoms with van der Waals surface area (Å²) in [5.74, 6) is 0.751. The second-order valence-corrected chi connectivity index (χ2v) is 6.00. The molecule has 0 aliphatic carbocycles. The topological polar surface area (TPSA) is 83.1 Å². The molecule has 0 saturated carbocycles. The largest absolute Gasteiger partial charge is 0.496 e. The van der Waals surface area contributed by atoms with E-state index >= 15 is 0 Å². The van der Waals surface area contributed by atoms with Crippen LogP contribution in [0.25, 0.3) is 6.08 Å². The van der Waals surface area contributed by atoms with Crippen LogP contribution in [-0.4, -0.2) is 38.3 Å². The van der Waals surface area contributed by atoms with E-state index in [4.69, 9.17) is 18.9 Å². The van der Waals surface area contributed by atoms with Crippen LogP contribution in [-0.2, 0) is 14.3 Å². The first-order chi connectivity index (χ1) is 13.6. The van der Waals surface area contributed by atoms with Gasteiger partial charge in [0.05, 0.1) is 7.11 Å². The number of ether oxygens (including phenoxy) is 4. The van der Waals surface area contributed by atoms with E-state index in [0.29, 0.717) is 36.1 Å². The van der Waals surface area contributed by atoms with Crippen molar-refractivity contribution < 1.29 is 28.5 Å². The SMILES string of the molecule is COc1ccccc1/C=C/C(=O)O[C@H](C)C(=O)Nc1ccc2c(c1)OCCO2. The van der Waals surface area contributed by atoms with E-state index in [1.54, 1.807) is 43.5 Å². The molecule has 28 heavy (non-hydrogen) atoms. The number of benzene rings is 2. The fourth-order valence-corrected chi connectivity index (χ4v) is 2.59. The first-order valence-electron chi connectivity index (χ1n) is 8.79. The Morgan fingerprint density at radius 3 is 2.64 bits per heavy atom. The Morgan fingerprint density at radius 1 is 1.11 bits per heavy atom. The zero-order chi connectivity index (χ0) is 19.9. The molecule has 1 N–H and O–H groups in total. The molecule has 0 unspecified atom stereocenters. The number of carbonyl (C=O) groups is 2. The summed E-state index contributed by atoms with van der Waals surface area (Å²) in [5.41, 5.74) is 1.26. The predicted molar refractivity (Wildman–Crippen MR) is 104 cm³/mol. The monoisotopic (exact) mass is 383 g/mol. The number of carbonyl (C=O) groups excluding carboxylic acids is 2. The van der Waals surface area contributed by atoms with Crippen molar-refractivity contribution in [2.75, 3.05) is 25.6 Å². The van der Waals surface area contributed by atoms with Gasteiger partial charge >= 0.3 is 5.97 Å². The van der Waals surface area contributed by atoms with Crippen molar-refractivity contribution in [1.29, 1.82) is 0 Å². The van der Waals surface area contributed by atoms with Gasteiger partial charge in [0.25, 0.3) is 5.91 Å². The first kappa shape index (κ1) is 19.3. The number of amides is 1. The molecule has 1 atom stereocenters. The molecule has 2 aromatic carbocycles. The minimum absolute atomic E-state index is 0.448. The molecule has 0 aromatic heterocycles. The first-order valence-corrected chi connectivity index (χ1v) is 8.79. The molecule has 7 heteroatoms. The normalized spacial score (nSPS) is 13.6. The molecule has 146 valence electrons. The molecule has 0 spiro atoms. The number of hydrogen-bond acceptors (Lipinski definition) is 6. The van der Waals surface area contributed by atoms with Gasteiger partial charge in [0, 0.05) is 23.4 Å². The van der Waals surface area contributed by atoms with Crippen molar-refractivity contribution in [3.63, 3.8) is 0 Å². The highest BCUT2D eigenvalue weighted by atomic mass is 16.6. The van der Waals surface area contributed by atoms with Crippen molar-refractivity contribution in [2.45, 2.75) is 13.0 Å². The highest BCUT2D eigenvalue weighted by Crippen LogP contribution is 2.32. The Hall–Kier alpha value is -3.48. The van der Waals surface area contributed by atoms with E-state index in [1.807, 2.05) is 12.1 Å². The van der Waals surface area contributed by atoms with Gasteiger partial charge in [0.2, 0.25) is 0 Å². The van der Waals surface area contributed by atoms with Crippen molar-refractivity contribution in [3.8, 4) is 17.2 Å². The average molecular weight is 383 g/mol. The highest BCUT2D eigenvalue weighted by Gasteiger charge is 2.18. The lowest BCUT2D eigenvalue weighted by atomic mass is 10.2. The average Bonchev–Trinajstić information content (AvgIpc) is 2.72. The Morgan fingerprint density at radius 2 is 1.86 bits per heavy atom. The van der Waals surface area contributed by atoms with Gasteiger partial charge in [-0.2, -0.15) is 0 Å². The van der Waals surface area contributed by atoms with Crippen LogP contribution in [0.5, 0.6) is 17.2 Å². The van der Waals surface area contributed by atoms with Gasteiger partial charge in [0.15, 0.2) is 17.6 Å². The summed E-state index contributed by atoms with van der Waals surface area (Å²) >= 11 is 0. The minimum atomic E-state index is -0.969.